The van der Waals surface area contributed by atoms with Crippen molar-refractivity contribution in [3.8, 4) is 5.75 Å². The number of nitrogens with zero attached hydrogens (tertiary/aromatic N) is 3. The van der Waals surface area contributed by atoms with Crippen molar-refractivity contribution in [2.24, 2.45) is 0 Å². The van der Waals surface area contributed by atoms with E-state index in [2.05, 4.69) is 15.5 Å². The van der Waals surface area contributed by atoms with E-state index in [1.165, 1.54) is 54.2 Å². The van der Waals surface area contributed by atoms with Crippen molar-refractivity contribution < 1.29 is 18.3 Å². The summed E-state index contributed by atoms with van der Waals surface area (Å²) in [6, 6.07) is 9.62. The van der Waals surface area contributed by atoms with Crippen LogP contribution in [0, 0.1) is 11.6 Å². The second kappa shape index (κ2) is 9.71. The lowest BCUT2D eigenvalue weighted by atomic mass is 10.3. The van der Waals surface area contributed by atoms with Crippen molar-refractivity contribution >= 4 is 35.0 Å². The van der Waals surface area contributed by atoms with Crippen molar-refractivity contribution in [1.29, 1.82) is 0 Å². The summed E-state index contributed by atoms with van der Waals surface area (Å²) >= 11 is 6.97. The van der Waals surface area contributed by atoms with Crippen LogP contribution in [0.3, 0.4) is 0 Å². The molecule has 0 saturated heterocycles. The first-order chi connectivity index (χ1) is 14.0. The van der Waals surface area contributed by atoms with E-state index >= 15 is 0 Å². The predicted octanol–water partition coefficient (Wildman–Crippen LogP) is 4.54. The van der Waals surface area contributed by atoms with Gasteiger partial charge < -0.3 is 14.6 Å². The number of nitrogens with one attached hydrogen (secondary N) is 1. The lowest BCUT2D eigenvalue weighted by molar-refractivity contribution is -0.113. The number of ether oxygens (including phenoxy) is 1. The van der Waals surface area contributed by atoms with E-state index in [0.717, 1.165) is 0 Å². The standard InChI is InChI=1S/C19H17ClF2N4O2S/c1-2-26-17(10-28-14-7-8-16(22)15(20)9-14)24-25-19(26)29-11-18(27)23-13-5-3-12(21)4-6-13/h3-9H,2,10-11H2,1H3,(H,23,27). The molecule has 152 valence electrons. The number of halogens is 3. The molecule has 1 amide bonds. The number of carbonyl (C=O) groups excluding carboxylic acids is 1. The highest BCUT2D eigenvalue weighted by atomic mass is 35.5. The van der Waals surface area contributed by atoms with Crippen LogP contribution in [-0.2, 0) is 17.9 Å². The number of benzene rings is 2. The molecule has 0 spiro atoms. The lowest BCUT2D eigenvalue weighted by Gasteiger charge is -2.09. The topological polar surface area (TPSA) is 69.0 Å². The Morgan fingerprint density at radius 3 is 2.66 bits per heavy atom. The van der Waals surface area contributed by atoms with Crippen molar-refractivity contribution in [3.05, 3.63) is 64.9 Å². The Kier molecular flexibility index (Phi) is 7.05. The fourth-order valence-electron chi connectivity index (χ4n) is 2.43. The maximum atomic E-state index is 13.2. The molecule has 0 bridgehead atoms. The van der Waals surface area contributed by atoms with Gasteiger partial charge in [0.1, 0.15) is 24.0 Å². The molecule has 2 aromatic carbocycles. The van der Waals surface area contributed by atoms with Gasteiger partial charge in [-0.2, -0.15) is 0 Å². The third-order valence-electron chi connectivity index (χ3n) is 3.83. The van der Waals surface area contributed by atoms with Crippen molar-refractivity contribution in [3.63, 3.8) is 0 Å². The molecule has 0 aliphatic rings. The van der Waals surface area contributed by atoms with Gasteiger partial charge in [0.05, 0.1) is 10.8 Å². The molecule has 0 unspecified atom stereocenters. The molecule has 0 radical (unpaired) electrons. The smallest absolute Gasteiger partial charge is 0.234 e. The van der Waals surface area contributed by atoms with Gasteiger partial charge in [-0.25, -0.2) is 8.78 Å². The van der Waals surface area contributed by atoms with Crippen LogP contribution in [0.25, 0.3) is 0 Å². The van der Waals surface area contributed by atoms with Crippen LogP contribution < -0.4 is 10.1 Å². The van der Waals surface area contributed by atoms with Gasteiger partial charge in [0, 0.05) is 18.3 Å². The fourth-order valence-corrected chi connectivity index (χ4v) is 3.42. The summed E-state index contributed by atoms with van der Waals surface area (Å²) in [6.07, 6.45) is 0. The molecule has 29 heavy (non-hydrogen) atoms. The SMILES string of the molecule is CCn1c(COc2ccc(F)c(Cl)c2)nnc1SCC(=O)Nc1ccc(F)cc1. The normalized spacial score (nSPS) is 10.8. The molecule has 1 aromatic heterocycles. The highest BCUT2D eigenvalue weighted by Crippen LogP contribution is 2.23. The Morgan fingerprint density at radius 1 is 1.21 bits per heavy atom. The quantitative estimate of drug-likeness (QED) is 0.523. The Morgan fingerprint density at radius 2 is 1.97 bits per heavy atom. The molecule has 0 saturated carbocycles. The first kappa shape index (κ1) is 21.1. The van der Waals surface area contributed by atoms with E-state index in [1.807, 2.05) is 11.5 Å². The van der Waals surface area contributed by atoms with Gasteiger partial charge in [-0.3, -0.25) is 4.79 Å². The van der Waals surface area contributed by atoms with E-state index in [1.54, 1.807) is 0 Å². The molecule has 0 aliphatic carbocycles. The Labute approximate surface area is 175 Å². The number of rotatable bonds is 8. The van der Waals surface area contributed by atoms with Crippen LogP contribution >= 0.6 is 23.4 Å². The first-order valence-electron chi connectivity index (χ1n) is 8.64. The molecule has 3 rings (SSSR count). The summed E-state index contributed by atoms with van der Waals surface area (Å²) in [5.41, 5.74) is 0.515. The number of thioether (sulfide) groups is 1. The maximum Gasteiger partial charge on any atom is 0.234 e. The molecule has 10 heteroatoms. The maximum absolute atomic E-state index is 13.2. The molecule has 0 aliphatic heterocycles. The lowest BCUT2D eigenvalue weighted by Crippen LogP contribution is -2.15. The summed E-state index contributed by atoms with van der Waals surface area (Å²) in [5, 5.41) is 11.4. The summed E-state index contributed by atoms with van der Waals surface area (Å²) in [7, 11) is 0. The van der Waals surface area contributed by atoms with E-state index in [4.69, 9.17) is 16.3 Å². The number of carbonyl (C=O) groups is 1. The molecule has 3 aromatic rings. The van der Waals surface area contributed by atoms with E-state index in [9.17, 15) is 13.6 Å². The van der Waals surface area contributed by atoms with Crippen molar-refractivity contribution in [1.82, 2.24) is 14.8 Å². The minimum atomic E-state index is -0.520. The zero-order valence-corrected chi connectivity index (χ0v) is 16.9. The van der Waals surface area contributed by atoms with Gasteiger partial charge in [-0.15, -0.1) is 10.2 Å². The van der Waals surface area contributed by atoms with Crippen LogP contribution in [0.2, 0.25) is 5.02 Å². The monoisotopic (exact) mass is 438 g/mol. The highest BCUT2D eigenvalue weighted by Gasteiger charge is 2.14. The van der Waals surface area contributed by atoms with Crippen molar-refractivity contribution in [2.45, 2.75) is 25.2 Å². The van der Waals surface area contributed by atoms with E-state index in [0.29, 0.717) is 29.0 Å². The second-order valence-electron chi connectivity index (χ2n) is 5.85. The van der Waals surface area contributed by atoms with Crippen LogP contribution in [0.4, 0.5) is 14.5 Å². The Bertz CT molecular complexity index is 998. The predicted molar refractivity (Wildman–Crippen MR) is 107 cm³/mol. The summed E-state index contributed by atoms with van der Waals surface area (Å²) in [6.45, 7) is 2.62. The van der Waals surface area contributed by atoms with Crippen LogP contribution in [-0.4, -0.2) is 26.4 Å². The van der Waals surface area contributed by atoms with E-state index in [-0.39, 0.29) is 29.1 Å². The zero-order valence-electron chi connectivity index (χ0n) is 15.4. The second-order valence-corrected chi connectivity index (χ2v) is 7.20. The Balaban J connectivity index is 1.57. The molecule has 1 heterocycles. The largest absolute Gasteiger partial charge is 0.486 e. The third-order valence-corrected chi connectivity index (χ3v) is 5.09. The van der Waals surface area contributed by atoms with Crippen LogP contribution in [0.15, 0.2) is 47.6 Å². The number of hydrogen-bond donors (Lipinski definition) is 1. The van der Waals surface area contributed by atoms with Gasteiger partial charge in [0.15, 0.2) is 11.0 Å². The van der Waals surface area contributed by atoms with E-state index < -0.39 is 5.82 Å². The van der Waals surface area contributed by atoms with Gasteiger partial charge in [0.25, 0.3) is 0 Å². The van der Waals surface area contributed by atoms with Gasteiger partial charge in [-0.05, 0) is 43.3 Å². The number of hydrogen-bond acceptors (Lipinski definition) is 5. The van der Waals surface area contributed by atoms with Crippen molar-refractivity contribution in [2.75, 3.05) is 11.1 Å². The molecular weight excluding hydrogens is 422 g/mol. The fraction of sp³-hybridized carbons (Fsp3) is 0.211. The molecule has 0 fully saturated rings. The molecule has 1 N–H and O–H groups in total. The number of anilines is 1. The van der Waals surface area contributed by atoms with Crippen LogP contribution in [0.5, 0.6) is 5.75 Å². The zero-order chi connectivity index (χ0) is 20.8. The third kappa shape index (κ3) is 5.68. The summed E-state index contributed by atoms with van der Waals surface area (Å²) in [5.74, 6) is -0.0426. The number of aromatic nitrogens is 3. The number of amides is 1. The summed E-state index contributed by atoms with van der Waals surface area (Å²) in [4.78, 5) is 12.1. The average molecular weight is 439 g/mol. The Hall–Kier alpha value is -2.65. The minimum Gasteiger partial charge on any atom is -0.486 e. The average Bonchev–Trinajstić information content (AvgIpc) is 3.11. The molecular formula is C19H17ClF2N4O2S. The van der Waals surface area contributed by atoms with Crippen LogP contribution in [0.1, 0.15) is 12.7 Å². The molecule has 0 atom stereocenters. The minimum absolute atomic E-state index is 0.0251. The first-order valence-corrected chi connectivity index (χ1v) is 10.0. The van der Waals surface area contributed by atoms with Gasteiger partial charge in [0.2, 0.25) is 5.91 Å². The van der Waals surface area contributed by atoms with Gasteiger partial charge >= 0.3 is 0 Å². The van der Waals surface area contributed by atoms with Gasteiger partial charge in [-0.1, -0.05) is 23.4 Å². The molecule has 6 nitrogen and oxygen atoms in total. The highest BCUT2D eigenvalue weighted by molar-refractivity contribution is 7.99. The summed E-state index contributed by atoms with van der Waals surface area (Å²) < 4.78 is 33.6.